The van der Waals surface area contributed by atoms with Crippen LogP contribution in [0.3, 0.4) is 0 Å². The molecule has 0 fully saturated rings. The summed E-state index contributed by atoms with van der Waals surface area (Å²) in [6.45, 7) is 1.37. The van der Waals surface area contributed by atoms with Gasteiger partial charge in [0, 0.05) is 42.8 Å². The first-order chi connectivity index (χ1) is 13.0. The van der Waals surface area contributed by atoms with Crippen molar-refractivity contribution in [1.82, 2.24) is 14.9 Å². The van der Waals surface area contributed by atoms with E-state index in [1.54, 1.807) is 11.3 Å². The number of halogens is 2. The van der Waals surface area contributed by atoms with E-state index < -0.39 is 0 Å². The Balaban J connectivity index is 1.63. The average Bonchev–Trinajstić information content (AvgIpc) is 3.21. The van der Waals surface area contributed by atoms with Crippen LogP contribution in [0.4, 0.5) is 0 Å². The summed E-state index contributed by atoms with van der Waals surface area (Å²) in [4.78, 5) is 24.5. The lowest BCUT2D eigenvalue weighted by atomic mass is 10.1. The maximum Gasteiger partial charge on any atom is 0.260 e. The van der Waals surface area contributed by atoms with Crippen LogP contribution in [0.2, 0.25) is 5.02 Å². The Morgan fingerprint density at radius 1 is 1.19 bits per heavy atom. The smallest absolute Gasteiger partial charge is 0.260 e. The molecule has 3 aromatic heterocycles. The van der Waals surface area contributed by atoms with Gasteiger partial charge < -0.3 is 4.98 Å². The zero-order valence-electron chi connectivity index (χ0n) is 14.3. The van der Waals surface area contributed by atoms with Crippen LogP contribution in [0.25, 0.3) is 21.3 Å². The summed E-state index contributed by atoms with van der Waals surface area (Å²) in [7, 11) is 2.02. The summed E-state index contributed by atoms with van der Waals surface area (Å²) >= 11 is 13.0. The van der Waals surface area contributed by atoms with Crippen LogP contribution in [-0.2, 0) is 13.1 Å². The van der Waals surface area contributed by atoms with Gasteiger partial charge in [-0.2, -0.15) is 0 Å². The van der Waals surface area contributed by atoms with Crippen molar-refractivity contribution in [3.05, 3.63) is 71.6 Å². The summed E-state index contributed by atoms with van der Waals surface area (Å²) in [6.07, 6.45) is 0. The molecule has 0 atom stereocenters. The van der Waals surface area contributed by atoms with E-state index in [4.69, 9.17) is 11.6 Å². The molecule has 0 unspecified atom stereocenters. The lowest BCUT2D eigenvalue weighted by Gasteiger charge is -2.14. The number of benzene rings is 1. The molecule has 3 heterocycles. The fraction of sp³-hybridized carbons (Fsp3) is 0.158. The number of thiophene rings is 2. The zero-order chi connectivity index (χ0) is 19.0. The average molecular weight is 481 g/mol. The number of aromatic nitrogens is 2. The van der Waals surface area contributed by atoms with Gasteiger partial charge in [0.15, 0.2) is 0 Å². The van der Waals surface area contributed by atoms with E-state index in [9.17, 15) is 4.79 Å². The van der Waals surface area contributed by atoms with Gasteiger partial charge in [-0.1, -0.05) is 29.8 Å². The fourth-order valence-corrected chi connectivity index (χ4v) is 5.69. The van der Waals surface area contributed by atoms with E-state index in [0.29, 0.717) is 22.8 Å². The van der Waals surface area contributed by atoms with Gasteiger partial charge in [-0.05, 0) is 35.1 Å². The van der Waals surface area contributed by atoms with Crippen molar-refractivity contribution in [2.75, 3.05) is 7.05 Å². The minimum absolute atomic E-state index is 0.126. The summed E-state index contributed by atoms with van der Waals surface area (Å²) in [5, 5.41) is 5.24. The van der Waals surface area contributed by atoms with E-state index in [0.717, 1.165) is 27.0 Å². The molecule has 0 amide bonds. The van der Waals surface area contributed by atoms with E-state index >= 15 is 0 Å². The predicted molar refractivity (Wildman–Crippen MR) is 118 cm³/mol. The van der Waals surface area contributed by atoms with Crippen LogP contribution < -0.4 is 5.56 Å². The summed E-state index contributed by atoms with van der Waals surface area (Å²) < 4.78 is 1.09. The third kappa shape index (κ3) is 4.02. The maximum absolute atomic E-state index is 12.8. The van der Waals surface area contributed by atoms with Gasteiger partial charge in [0.05, 0.1) is 11.9 Å². The number of fused-ring (bicyclic) bond motifs is 1. The quantitative estimate of drug-likeness (QED) is 0.395. The Morgan fingerprint density at radius 2 is 2.00 bits per heavy atom. The monoisotopic (exact) mass is 479 g/mol. The van der Waals surface area contributed by atoms with Crippen LogP contribution in [0.15, 0.2) is 50.4 Å². The second-order valence-electron chi connectivity index (χ2n) is 6.23. The summed E-state index contributed by atoms with van der Waals surface area (Å²) in [5.41, 5.74) is 1.56. The van der Waals surface area contributed by atoms with E-state index in [1.165, 1.54) is 16.2 Å². The lowest BCUT2D eigenvalue weighted by Crippen LogP contribution is -2.21. The number of hydrogen-bond donors (Lipinski definition) is 1. The van der Waals surface area contributed by atoms with Gasteiger partial charge in [0.1, 0.15) is 10.7 Å². The standard InChI is InChI=1S/C19H15BrClN3OS2/c1-24(7-12-6-11(20)9-26-12)8-16-22-18(25)17-14(10-27-19(17)23-16)13-4-2-3-5-15(13)21/h2-6,9-10H,7-8H2,1H3,(H,22,23,25). The first kappa shape index (κ1) is 18.8. The molecule has 4 rings (SSSR count). The molecule has 1 aromatic carbocycles. The van der Waals surface area contributed by atoms with Gasteiger partial charge >= 0.3 is 0 Å². The Labute approximate surface area is 177 Å². The molecule has 4 aromatic rings. The molecule has 27 heavy (non-hydrogen) atoms. The van der Waals surface area contributed by atoms with Crippen molar-refractivity contribution < 1.29 is 0 Å². The van der Waals surface area contributed by atoms with Crippen LogP contribution in [0.5, 0.6) is 0 Å². The van der Waals surface area contributed by atoms with Gasteiger partial charge in [-0.25, -0.2) is 4.98 Å². The zero-order valence-corrected chi connectivity index (χ0v) is 18.3. The minimum Gasteiger partial charge on any atom is -0.309 e. The second kappa shape index (κ2) is 7.85. The van der Waals surface area contributed by atoms with Crippen molar-refractivity contribution in [2.24, 2.45) is 0 Å². The van der Waals surface area contributed by atoms with E-state index in [-0.39, 0.29) is 5.56 Å². The van der Waals surface area contributed by atoms with Crippen molar-refractivity contribution in [2.45, 2.75) is 13.1 Å². The molecule has 0 radical (unpaired) electrons. The highest BCUT2D eigenvalue weighted by molar-refractivity contribution is 9.10. The van der Waals surface area contributed by atoms with Gasteiger partial charge in [-0.3, -0.25) is 9.69 Å². The topological polar surface area (TPSA) is 49.0 Å². The Bertz CT molecular complexity index is 1170. The largest absolute Gasteiger partial charge is 0.309 e. The summed E-state index contributed by atoms with van der Waals surface area (Å²) in [5.74, 6) is 0.665. The lowest BCUT2D eigenvalue weighted by molar-refractivity contribution is 0.313. The predicted octanol–water partition coefficient (Wildman–Crippen LogP) is 5.76. The highest BCUT2D eigenvalue weighted by Gasteiger charge is 2.15. The van der Waals surface area contributed by atoms with Crippen molar-refractivity contribution in [3.8, 4) is 11.1 Å². The third-order valence-electron chi connectivity index (χ3n) is 4.12. The molecule has 0 bridgehead atoms. The molecule has 0 aliphatic heterocycles. The van der Waals surface area contributed by atoms with Crippen molar-refractivity contribution in [3.63, 3.8) is 0 Å². The van der Waals surface area contributed by atoms with Crippen molar-refractivity contribution in [1.29, 1.82) is 0 Å². The van der Waals surface area contributed by atoms with Crippen LogP contribution in [0.1, 0.15) is 10.7 Å². The second-order valence-corrected chi connectivity index (χ2v) is 9.40. The maximum atomic E-state index is 12.8. The minimum atomic E-state index is -0.126. The Kier molecular flexibility index (Phi) is 5.48. The Morgan fingerprint density at radius 3 is 2.74 bits per heavy atom. The molecular formula is C19H15BrClN3OS2. The molecule has 0 aliphatic rings. The fourth-order valence-electron chi connectivity index (χ4n) is 2.96. The Hall–Kier alpha value is -1.51. The molecule has 138 valence electrons. The summed E-state index contributed by atoms with van der Waals surface area (Å²) in [6, 6.07) is 9.65. The molecule has 0 saturated carbocycles. The first-order valence-corrected chi connectivity index (χ1v) is 11.1. The molecular weight excluding hydrogens is 466 g/mol. The van der Waals surface area contributed by atoms with Crippen molar-refractivity contribution >= 4 is 60.4 Å². The van der Waals surface area contributed by atoms with Gasteiger partial charge in [0.2, 0.25) is 0 Å². The number of hydrogen-bond acceptors (Lipinski definition) is 5. The molecule has 4 nitrogen and oxygen atoms in total. The number of H-pyrrole nitrogens is 1. The molecule has 8 heteroatoms. The number of aromatic amines is 1. The molecule has 0 aliphatic carbocycles. The van der Waals surface area contributed by atoms with E-state index in [1.807, 2.05) is 36.7 Å². The van der Waals surface area contributed by atoms with Gasteiger partial charge in [0.25, 0.3) is 5.56 Å². The van der Waals surface area contributed by atoms with Crippen LogP contribution >= 0.6 is 50.2 Å². The number of nitrogens with one attached hydrogen (secondary N) is 1. The van der Waals surface area contributed by atoms with E-state index in [2.05, 4.69) is 42.2 Å². The van der Waals surface area contributed by atoms with Crippen LogP contribution in [0, 0.1) is 0 Å². The molecule has 1 N–H and O–H groups in total. The number of nitrogens with zero attached hydrogens (tertiary/aromatic N) is 2. The van der Waals surface area contributed by atoms with Gasteiger partial charge in [-0.15, -0.1) is 22.7 Å². The first-order valence-electron chi connectivity index (χ1n) is 8.18. The number of rotatable bonds is 5. The highest BCUT2D eigenvalue weighted by atomic mass is 79.9. The SMILES string of the molecule is CN(Cc1nc2scc(-c3ccccc3Cl)c2c(=O)[nH]1)Cc1cc(Br)cs1. The molecule has 0 spiro atoms. The molecule has 0 saturated heterocycles. The normalized spacial score (nSPS) is 11.6. The highest BCUT2D eigenvalue weighted by Crippen LogP contribution is 2.34. The van der Waals surface area contributed by atoms with Crippen LogP contribution in [-0.4, -0.2) is 21.9 Å². The third-order valence-corrected chi connectivity index (χ3v) is 7.01.